The molecule has 0 heterocycles. The van der Waals surface area contributed by atoms with Crippen molar-refractivity contribution in [2.24, 2.45) is 0 Å². The Kier molecular flexibility index (Phi) is 6.69. The highest BCUT2D eigenvalue weighted by molar-refractivity contribution is 6.71. The third kappa shape index (κ3) is 5.44. The van der Waals surface area contributed by atoms with Crippen LogP contribution in [-0.2, 0) is 9.84 Å². The molecule has 0 unspecified atom stereocenters. The second-order valence-corrected chi connectivity index (χ2v) is 12.1. The predicted molar refractivity (Wildman–Crippen MR) is 98.4 cm³/mol. The van der Waals surface area contributed by atoms with Crippen molar-refractivity contribution in [2.45, 2.75) is 78.4 Å². The van der Waals surface area contributed by atoms with E-state index < -0.39 is 8.32 Å². The smallest absolute Gasteiger partial charge is 0.186 e. The summed E-state index contributed by atoms with van der Waals surface area (Å²) in [5, 5.41) is 10.4. The molecular formula is C19H34O2Si. The zero-order valence-electron chi connectivity index (χ0n) is 15.5. The first kappa shape index (κ1) is 19.2. The van der Waals surface area contributed by atoms with Crippen LogP contribution in [0.3, 0.4) is 0 Å². The number of aryl methyl sites for hydroxylation is 2. The Hall–Kier alpha value is -0.803. The maximum absolute atomic E-state index is 10.4. The average molecular weight is 323 g/mol. The molecular weight excluding hydrogens is 288 g/mol. The van der Waals surface area contributed by atoms with Crippen LogP contribution in [0.5, 0.6) is 5.75 Å². The fraction of sp³-hybridized carbons (Fsp3) is 0.684. The number of unbranched alkanes of at least 4 members (excludes halogenated alkanes) is 1. The molecule has 22 heavy (non-hydrogen) atoms. The van der Waals surface area contributed by atoms with E-state index in [0.717, 1.165) is 24.2 Å². The van der Waals surface area contributed by atoms with Crippen LogP contribution in [0.1, 0.15) is 56.7 Å². The van der Waals surface area contributed by atoms with Gasteiger partial charge >= 0.3 is 0 Å². The zero-order chi connectivity index (χ0) is 17.0. The van der Waals surface area contributed by atoms with E-state index in [1.807, 2.05) is 13.0 Å². The lowest BCUT2D eigenvalue weighted by Crippen LogP contribution is -2.32. The second kappa shape index (κ2) is 7.65. The molecule has 1 N–H and O–H groups in total. The van der Waals surface area contributed by atoms with Crippen LogP contribution in [0.4, 0.5) is 0 Å². The van der Waals surface area contributed by atoms with Gasteiger partial charge in [-0.15, -0.1) is 0 Å². The largest absolute Gasteiger partial charge is 0.508 e. The molecule has 0 saturated heterocycles. The molecule has 0 aromatic heterocycles. The standard InChI is InChI=1S/C19H34O2Si/c1-8-9-12-22(6,7)21-11-10-19(4,5)18-16(3)13-15(2)14-17(18)20/h13-14,20H,8-12H2,1-7H3. The minimum atomic E-state index is -1.52. The van der Waals surface area contributed by atoms with Crippen molar-refractivity contribution >= 4 is 8.32 Å². The van der Waals surface area contributed by atoms with E-state index in [1.165, 1.54) is 24.4 Å². The van der Waals surface area contributed by atoms with Crippen molar-refractivity contribution in [1.29, 1.82) is 0 Å². The van der Waals surface area contributed by atoms with Crippen molar-refractivity contribution in [2.75, 3.05) is 6.61 Å². The second-order valence-electron chi connectivity index (χ2n) is 7.82. The summed E-state index contributed by atoms with van der Waals surface area (Å²) in [4.78, 5) is 0. The Labute approximate surface area is 138 Å². The summed E-state index contributed by atoms with van der Waals surface area (Å²) in [6, 6.07) is 5.25. The highest BCUT2D eigenvalue weighted by atomic mass is 28.4. The van der Waals surface area contributed by atoms with Gasteiger partial charge < -0.3 is 9.53 Å². The Morgan fingerprint density at radius 1 is 1.18 bits per heavy atom. The van der Waals surface area contributed by atoms with E-state index in [9.17, 15) is 5.11 Å². The van der Waals surface area contributed by atoms with Crippen LogP contribution in [0.25, 0.3) is 0 Å². The number of rotatable bonds is 8. The summed E-state index contributed by atoms with van der Waals surface area (Å²) in [6.45, 7) is 16.1. The first-order valence-corrected chi connectivity index (χ1v) is 11.7. The third-order valence-electron chi connectivity index (χ3n) is 4.49. The third-order valence-corrected chi connectivity index (χ3v) is 7.03. The van der Waals surface area contributed by atoms with Gasteiger partial charge in [-0.1, -0.05) is 39.7 Å². The van der Waals surface area contributed by atoms with Gasteiger partial charge in [-0.2, -0.15) is 0 Å². The lowest BCUT2D eigenvalue weighted by atomic mass is 9.78. The molecule has 0 fully saturated rings. The Morgan fingerprint density at radius 2 is 1.82 bits per heavy atom. The summed E-state index contributed by atoms with van der Waals surface area (Å²) in [5.41, 5.74) is 3.27. The molecule has 0 atom stereocenters. The molecule has 1 aromatic rings. The fourth-order valence-electron chi connectivity index (χ4n) is 3.21. The van der Waals surface area contributed by atoms with E-state index in [1.54, 1.807) is 0 Å². The van der Waals surface area contributed by atoms with Crippen molar-refractivity contribution in [3.05, 3.63) is 28.8 Å². The molecule has 1 rings (SSSR count). The minimum absolute atomic E-state index is 0.0723. The first-order valence-electron chi connectivity index (χ1n) is 8.54. The Balaban J connectivity index is 2.72. The number of benzene rings is 1. The van der Waals surface area contributed by atoms with E-state index in [4.69, 9.17) is 4.43 Å². The average Bonchev–Trinajstić information content (AvgIpc) is 2.34. The summed E-state index contributed by atoms with van der Waals surface area (Å²) in [6.07, 6.45) is 3.44. The topological polar surface area (TPSA) is 29.5 Å². The van der Waals surface area contributed by atoms with Crippen LogP contribution in [0, 0.1) is 13.8 Å². The van der Waals surface area contributed by atoms with Crippen LogP contribution in [0.2, 0.25) is 19.1 Å². The molecule has 0 amide bonds. The molecule has 3 heteroatoms. The highest BCUT2D eigenvalue weighted by Crippen LogP contribution is 2.37. The number of hydrogen-bond acceptors (Lipinski definition) is 2. The van der Waals surface area contributed by atoms with Gasteiger partial charge in [0.25, 0.3) is 0 Å². The molecule has 2 nitrogen and oxygen atoms in total. The first-order chi connectivity index (χ1) is 10.1. The monoisotopic (exact) mass is 322 g/mol. The summed E-state index contributed by atoms with van der Waals surface area (Å²) in [7, 11) is -1.52. The maximum atomic E-state index is 10.4. The lowest BCUT2D eigenvalue weighted by Gasteiger charge is -2.30. The SMILES string of the molecule is CCCC[Si](C)(C)OCCC(C)(C)c1c(C)cc(C)cc1O. The summed E-state index contributed by atoms with van der Waals surface area (Å²) in [5.74, 6) is 0.421. The van der Waals surface area contributed by atoms with Crippen LogP contribution >= 0.6 is 0 Å². The van der Waals surface area contributed by atoms with Crippen molar-refractivity contribution < 1.29 is 9.53 Å². The van der Waals surface area contributed by atoms with Gasteiger partial charge in [-0.05, 0) is 62.0 Å². The van der Waals surface area contributed by atoms with Gasteiger partial charge in [0.2, 0.25) is 0 Å². The summed E-state index contributed by atoms with van der Waals surface area (Å²) >= 11 is 0. The molecule has 0 aliphatic heterocycles. The number of aromatic hydroxyl groups is 1. The van der Waals surface area contributed by atoms with E-state index in [-0.39, 0.29) is 5.41 Å². The molecule has 0 saturated carbocycles. The molecule has 1 aromatic carbocycles. The minimum Gasteiger partial charge on any atom is -0.508 e. The normalized spacial score (nSPS) is 12.7. The molecule has 0 spiro atoms. The van der Waals surface area contributed by atoms with Gasteiger partial charge in [-0.3, -0.25) is 0 Å². The maximum Gasteiger partial charge on any atom is 0.186 e. The van der Waals surface area contributed by atoms with Gasteiger partial charge in [0.05, 0.1) is 0 Å². The van der Waals surface area contributed by atoms with E-state index in [0.29, 0.717) is 5.75 Å². The van der Waals surface area contributed by atoms with Crippen molar-refractivity contribution in [3.8, 4) is 5.75 Å². The summed E-state index contributed by atoms with van der Waals surface area (Å²) < 4.78 is 6.25. The van der Waals surface area contributed by atoms with Crippen LogP contribution < -0.4 is 0 Å². The van der Waals surface area contributed by atoms with Crippen LogP contribution in [-0.4, -0.2) is 20.0 Å². The van der Waals surface area contributed by atoms with E-state index in [2.05, 4.69) is 46.9 Å². The quantitative estimate of drug-likeness (QED) is 0.622. The van der Waals surface area contributed by atoms with Crippen LogP contribution in [0.15, 0.2) is 12.1 Å². The Morgan fingerprint density at radius 3 is 2.36 bits per heavy atom. The lowest BCUT2D eigenvalue weighted by molar-refractivity contribution is 0.260. The van der Waals surface area contributed by atoms with Gasteiger partial charge in [0, 0.05) is 12.2 Å². The van der Waals surface area contributed by atoms with E-state index >= 15 is 0 Å². The number of phenols is 1. The molecule has 0 aliphatic rings. The Bertz CT molecular complexity index is 469. The molecule has 0 radical (unpaired) electrons. The van der Waals surface area contributed by atoms with Crippen molar-refractivity contribution in [1.82, 2.24) is 0 Å². The van der Waals surface area contributed by atoms with Crippen molar-refractivity contribution in [3.63, 3.8) is 0 Å². The van der Waals surface area contributed by atoms with Gasteiger partial charge in [0.15, 0.2) is 8.32 Å². The fourth-order valence-corrected chi connectivity index (χ4v) is 5.21. The molecule has 126 valence electrons. The zero-order valence-corrected chi connectivity index (χ0v) is 16.5. The highest BCUT2D eigenvalue weighted by Gasteiger charge is 2.28. The number of hydrogen-bond donors (Lipinski definition) is 1. The predicted octanol–water partition coefficient (Wildman–Crippen LogP) is 5.70. The molecule has 0 aliphatic carbocycles. The van der Waals surface area contributed by atoms with Gasteiger partial charge in [0.1, 0.15) is 5.75 Å². The van der Waals surface area contributed by atoms with Gasteiger partial charge in [-0.25, -0.2) is 0 Å². The molecule has 0 bridgehead atoms. The number of phenolic OH excluding ortho intramolecular Hbond substituents is 1.